The van der Waals surface area contributed by atoms with Gasteiger partial charge in [0.1, 0.15) is 24.9 Å². The maximum atomic E-state index is 9.88. The molecule has 4 N–H and O–H groups in total. The average molecular weight is 443 g/mol. The maximum Gasteiger partial charge on any atom is 0.296 e. The number of aromatic nitrogens is 3. The van der Waals surface area contributed by atoms with Crippen LogP contribution in [0.3, 0.4) is 0 Å². The van der Waals surface area contributed by atoms with Gasteiger partial charge in [-0.05, 0) is 18.2 Å². The summed E-state index contributed by atoms with van der Waals surface area (Å²) in [5.41, 5.74) is 3.83. The number of benzene rings is 1. The van der Waals surface area contributed by atoms with Crippen molar-refractivity contribution >= 4 is 28.6 Å². The molecule has 160 valence electrons. The van der Waals surface area contributed by atoms with Crippen LogP contribution >= 0.6 is 11.6 Å². The van der Waals surface area contributed by atoms with Crippen molar-refractivity contribution < 1.29 is 24.6 Å². The summed E-state index contributed by atoms with van der Waals surface area (Å²) in [6.45, 7) is 2.43. The van der Waals surface area contributed by atoms with Crippen LogP contribution in [0, 0.1) is 0 Å². The molecule has 4 atom stereocenters. The highest BCUT2D eigenvalue weighted by Gasteiger charge is 2.48. The summed E-state index contributed by atoms with van der Waals surface area (Å²) in [4.78, 5) is 16.7. The fourth-order valence-electron chi connectivity index (χ4n) is 4.30. The third-order valence-corrected chi connectivity index (χ3v) is 6.14. The second-order valence-corrected chi connectivity index (χ2v) is 8.30. The predicted molar refractivity (Wildman–Crippen MR) is 112 cm³/mol. The monoisotopic (exact) mass is 442 g/mol. The summed E-state index contributed by atoms with van der Waals surface area (Å²) in [6, 6.07) is 10.2. The van der Waals surface area contributed by atoms with Crippen LogP contribution in [0.4, 0.5) is 0 Å². The first-order valence-electron chi connectivity index (χ1n) is 10.3. The number of aromatic amines is 1. The number of aliphatic hydroxyl groups excluding tert-OH is 1. The number of hydrogen-bond donors (Lipinski definition) is 3. The zero-order chi connectivity index (χ0) is 20.9. The molecule has 6 rings (SSSR count). The molecular formula is C21H21ClN5O4+. The van der Waals surface area contributed by atoms with E-state index in [-0.39, 0.29) is 24.9 Å². The number of nitrogens with zero attached hydrogens (tertiary/aromatic N) is 3. The van der Waals surface area contributed by atoms with Gasteiger partial charge < -0.3 is 24.3 Å². The number of fused-ring (bicyclic) bond motifs is 2. The van der Waals surface area contributed by atoms with Crippen molar-refractivity contribution in [2.75, 3.05) is 26.3 Å². The lowest BCUT2D eigenvalue weighted by Gasteiger charge is -2.15. The highest BCUT2D eigenvalue weighted by molar-refractivity contribution is 6.33. The summed E-state index contributed by atoms with van der Waals surface area (Å²) in [6.07, 6.45) is -1.64. The van der Waals surface area contributed by atoms with Crippen molar-refractivity contribution in [3.63, 3.8) is 0 Å². The number of amidine groups is 1. The normalized spacial score (nSPS) is 27.6. The number of nitrogens with two attached hydrogens (primary N) is 1. The third kappa shape index (κ3) is 3.38. The number of ether oxygens (including phenoxy) is 3. The van der Waals surface area contributed by atoms with Crippen LogP contribution in [0.25, 0.3) is 22.4 Å². The Bertz CT molecular complexity index is 1160. The molecule has 10 heteroatoms. The van der Waals surface area contributed by atoms with Crippen LogP contribution in [0.5, 0.6) is 6.01 Å². The first-order valence-corrected chi connectivity index (χ1v) is 10.7. The number of nitrogens with one attached hydrogen (secondary N) is 1. The van der Waals surface area contributed by atoms with Crippen LogP contribution in [-0.2, 0) is 9.47 Å². The summed E-state index contributed by atoms with van der Waals surface area (Å²) < 4.78 is 17.2. The smallest absolute Gasteiger partial charge is 0.296 e. The SMILES string of the molecule is O[C@@H]1CO[C@H]2[C@@H]1OC[C@H]2Oc1nc2nc(-c3ccc(C4=NCC[NH2+]4)cc3)c(Cl)cc2[nH]1. The standard InChI is InChI=1S/C21H20ClN5O4/c22-12-7-13-20(26-16(12)10-1-3-11(4-2-10)19-23-5-6-24-19)27-21(25-13)31-15-9-30-17-14(28)8-29-18(15)17/h1-4,7,14-15,17-18,28H,5-6,8-9H2,(H,23,24)(H,25,26,27)/p+1/t14-,15-,17-,18-/m1/s1. The maximum absolute atomic E-state index is 9.88. The zero-order valence-corrected chi connectivity index (χ0v) is 17.2. The van der Waals surface area contributed by atoms with Gasteiger partial charge in [-0.1, -0.05) is 23.7 Å². The Labute approximate surface area is 182 Å². The molecule has 2 fully saturated rings. The van der Waals surface area contributed by atoms with Crippen LogP contribution < -0.4 is 10.1 Å². The second kappa shape index (κ2) is 7.54. The molecule has 31 heavy (non-hydrogen) atoms. The van der Waals surface area contributed by atoms with Crippen LogP contribution in [0.2, 0.25) is 5.02 Å². The lowest BCUT2D eigenvalue weighted by molar-refractivity contribution is -0.526. The minimum Gasteiger partial charge on any atom is -0.456 e. The largest absolute Gasteiger partial charge is 0.456 e. The number of aliphatic hydroxyl groups is 1. The first-order chi connectivity index (χ1) is 15.2. The van der Waals surface area contributed by atoms with Gasteiger partial charge in [-0.25, -0.2) is 9.98 Å². The molecule has 2 saturated heterocycles. The van der Waals surface area contributed by atoms with Crippen molar-refractivity contribution in [1.82, 2.24) is 15.0 Å². The van der Waals surface area contributed by atoms with E-state index in [1.165, 1.54) is 0 Å². The fourth-order valence-corrected chi connectivity index (χ4v) is 4.56. The van der Waals surface area contributed by atoms with Crippen LogP contribution in [0.1, 0.15) is 5.56 Å². The van der Waals surface area contributed by atoms with Crippen LogP contribution in [0.15, 0.2) is 35.3 Å². The molecule has 5 heterocycles. The molecule has 1 aromatic carbocycles. The van der Waals surface area contributed by atoms with Crippen molar-refractivity contribution in [2.45, 2.75) is 24.4 Å². The molecule has 3 aliphatic heterocycles. The highest BCUT2D eigenvalue weighted by Crippen LogP contribution is 2.32. The lowest BCUT2D eigenvalue weighted by atomic mass is 10.1. The van der Waals surface area contributed by atoms with E-state index in [0.717, 1.165) is 30.1 Å². The van der Waals surface area contributed by atoms with Crippen molar-refractivity contribution in [3.05, 3.63) is 40.9 Å². The molecule has 0 amide bonds. The van der Waals surface area contributed by atoms with E-state index in [4.69, 9.17) is 25.8 Å². The minimum absolute atomic E-state index is 0.250. The number of H-pyrrole nitrogens is 1. The Kier molecular flexibility index (Phi) is 4.66. The number of imidazole rings is 1. The number of pyridine rings is 1. The molecule has 0 saturated carbocycles. The Morgan fingerprint density at radius 1 is 1.10 bits per heavy atom. The molecule has 0 unspecified atom stereocenters. The van der Waals surface area contributed by atoms with Gasteiger partial charge in [0.2, 0.25) is 5.84 Å². The molecule has 0 spiro atoms. The first kappa shape index (κ1) is 19.1. The zero-order valence-electron chi connectivity index (χ0n) is 16.5. The summed E-state index contributed by atoms with van der Waals surface area (Å²) in [7, 11) is 0. The van der Waals surface area contributed by atoms with Gasteiger partial charge in [-0.2, -0.15) is 4.98 Å². The summed E-state index contributed by atoms with van der Waals surface area (Å²) >= 11 is 6.52. The molecule has 2 aromatic heterocycles. The van der Waals surface area contributed by atoms with E-state index in [9.17, 15) is 5.11 Å². The highest BCUT2D eigenvalue weighted by atomic mass is 35.5. The number of quaternary nitrogens is 1. The lowest BCUT2D eigenvalue weighted by Crippen LogP contribution is -2.86. The van der Waals surface area contributed by atoms with Gasteiger partial charge in [0, 0.05) is 5.56 Å². The van der Waals surface area contributed by atoms with Gasteiger partial charge in [0.05, 0.1) is 41.6 Å². The Morgan fingerprint density at radius 3 is 2.71 bits per heavy atom. The number of hydrogen-bond acceptors (Lipinski definition) is 7. The second-order valence-electron chi connectivity index (χ2n) is 7.89. The van der Waals surface area contributed by atoms with Gasteiger partial charge in [-0.15, -0.1) is 0 Å². The molecule has 9 nitrogen and oxygen atoms in total. The third-order valence-electron chi connectivity index (χ3n) is 5.85. The van der Waals surface area contributed by atoms with E-state index in [2.05, 4.69) is 25.3 Å². The van der Waals surface area contributed by atoms with Gasteiger partial charge in [0.25, 0.3) is 6.01 Å². The van der Waals surface area contributed by atoms with E-state index in [1.807, 2.05) is 24.3 Å². The van der Waals surface area contributed by atoms with Crippen molar-refractivity contribution in [1.29, 1.82) is 0 Å². The van der Waals surface area contributed by atoms with Gasteiger partial charge >= 0.3 is 0 Å². The molecule has 0 aliphatic carbocycles. The fraction of sp³-hybridized carbons (Fsp3) is 0.381. The molecule has 0 radical (unpaired) electrons. The van der Waals surface area contributed by atoms with E-state index >= 15 is 0 Å². The number of halogens is 1. The predicted octanol–water partition coefficient (Wildman–Crippen LogP) is 0.508. The molecule has 3 aromatic rings. The van der Waals surface area contributed by atoms with Crippen LogP contribution in [-0.4, -0.2) is 76.6 Å². The topological polar surface area (TPSA) is 118 Å². The molecule has 3 aliphatic rings. The molecular weight excluding hydrogens is 422 g/mol. The summed E-state index contributed by atoms with van der Waals surface area (Å²) in [5.74, 6) is 1.03. The summed E-state index contributed by atoms with van der Waals surface area (Å²) in [5, 5.41) is 12.5. The minimum atomic E-state index is -0.623. The molecule has 0 bridgehead atoms. The average Bonchev–Trinajstić information content (AvgIpc) is 3.55. The Balaban J connectivity index is 1.25. The van der Waals surface area contributed by atoms with Gasteiger partial charge in [-0.3, -0.25) is 5.32 Å². The van der Waals surface area contributed by atoms with Crippen molar-refractivity contribution in [2.24, 2.45) is 4.99 Å². The Morgan fingerprint density at radius 2 is 1.90 bits per heavy atom. The quantitative estimate of drug-likeness (QED) is 0.541. The van der Waals surface area contributed by atoms with Crippen molar-refractivity contribution in [3.8, 4) is 17.3 Å². The number of rotatable bonds is 4. The Hall–Kier alpha value is -2.56. The van der Waals surface area contributed by atoms with E-state index in [0.29, 0.717) is 34.5 Å². The van der Waals surface area contributed by atoms with E-state index in [1.54, 1.807) is 6.07 Å². The number of aliphatic imine (C=N–C) groups is 1. The van der Waals surface area contributed by atoms with E-state index < -0.39 is 6.10 Å². The van der Waals surface area contributed by atoms with Gasteiger partial charge in [0.15, 0.2) is 11.8 Å².